The fraction of sp³-hybridized carbons (Fsp3) is 0.333. The number of hydrogen-bond donors (Lipinski definition) is 2. The van der Waals surface area contributed by atoms with Gasteiger partial charge < -0.3 is 15.4 Å². The van der Waals surface area contributed by atoms with E-state index in [1.54, 1.807) is 38.1 Å². The summed E-state index contributed by atoms with van der Waals surface area (Å²) in [6.45, 7) is 9.62. The van der Waals surface area contributed by atoms with Crippen LogP contribution >= 0.6 is 0 Å². The van der Waals surface area contributed by atoms with Crippen molar-refractivity contribution in [3.8, 4) is 5.75 Å². The van der Waals surface area contributed by atoms with Gasteiger partial charge in [0, 0.05) is 11.4 Å². The molecule has 0 aliphatic carbocycles. The monoisotopic (exact) mass is 354 g/mol. The quantitative estimate of drug-likeness (QED) is 0.760. The predicted molar refractivity (Wildman–Crippen MR) is 105 cm³/mol. The van der Waals surface area contributed by atoms with Gasteiger partial charge in [-0.2, -0.15) is 0 Å². The average Bonchev–Trinajstić information content (AvgIpc) is 2.59. The maximum Gasteiger partial charge on any atom is 0.239 e. The first-order chi connectivity index (χ1) is 12.2. The van der Waals surface area contributed by atoms with Crippen LogP contribution in [0.2, 0.25) is 0 Å². The van der Waals surface area contributed by atoms with Gasteiger partial charge in [-0.15, -0.1) is 0 Å². The molecule has 0 bridgehead atoms. The first kappa shape index (κ1) is 19.5. The van der Waals surface area contributed by atoms with E-state index in [2.05, 4.69) is 10.6 Å². The fourth-order valence-electron chi connectivity index (χ4n) is 2.42. The molecular formula is C21H26N2O3. The zero-order chi connectivity index (χ0) is 19.3. The summed E-state index contributed by atoms with van der Waals surface area (Å²) in [5, 5.41) is 5.64. The van der Waals surface area contributed by atoms with Crippen LogP contribution in [-0.2, 0) is 9.59 Å². The summed E-state index contributed by atoms with van der Waals surface area (Å²) in [4.78, 5) is 25.3. The van der Waals surface area contributed by atoms with Crippen LogP contribution in [0.25, 0.3) is 0 Å². The molecule has 0 radical (unpaired) electrons. The molecular weight excluding hydrogens is 328 g/mol. The second-order valence-electron chi connectivity index (χ2n) is 6.81. The Bertz CT molecular complexity index is 795. The van der Waals surface area contributed by atoms with Crippen molar-refractivity contribution in [2.24, 2.45) is 5.41 Å². The Morgan fingerprint density at radius 1 is 0.962 bits per heavy atom. The highest BCUT2D eigenvalue weighted by Gasteiger charge is 2.36. The summed E-state index contributed by atoms with van der Waals surface area (Å²) in [5.41, 5.74) is 2.18. The molecule has 2 amide bonds. The number of rotatable bonds is 6. The smallest absolute Gasteiger partial charge is 0.239 e. The Labute approximate surface area is 154 Å². The highest BCUT2D eigenvalue weighted by atomic mass is 16.5. The minimum Gasteiger partial charge on any atom is -0.494 e. The highest BCUT2D eigenvalue weighted by Crippen LogP contribution is 2.24. The zero-order valence-corrected chi connectivity index (χ0v) is 16.0. The molecule has 0 atom stereocenters. The zero-order valence-electron chi connectivity index (χ0n) is 16.0. The number of carbonyl (C=O) groups excluding carboxylic acids is 2. The molecule has 2 N–H and O–H groups in total. The lowest BCUT2D eigenvalue weighted by molar-refractivity contribution is -0.135. The number of hydrogen-bond acceptors (Lipinski definition) is 3. The Balaban J connectivity index is 2.07. The lowest BCUT2D eigenvalue weighted by atomic mass is 9.90. The van der Waals surface area contributed by atoms with Crippen LogP contribution in [0.15, 0.2) is 42.5 Å². The first-order valence-corrected chi connectivity index (χ1v) is 8.67. The molecule has 5 nitrogen and oxygen atoms in total. The molecule has 0 aliphatic heterocycles. The van der Waals surface area contributed by atoms with Crippen molar-refractivity contribution in [1.82, 2.24) is 0 Å². The van der Waals surface area contributed by atoms with Gasteiger partial charge in [-0.25, -0.2) is 0 Å². The van der Waals surface area contributed by atoms with Crippen molar-refractivity contribution in [2.75, 3.05) is 17.2 Å². The SMILES string of the molecule is CCOc1ccc(NC(=O)C(C)(C)C(=O)Nc2ccc(C)cc2C)cc1. The Kier molecular flexibility index (Phi) is 6.03. The maximum absolute atomic E-state index is 12.7. The second-order valence-corrected chi connectivity index (χ2v) is 6.81. The molecule has 0 heterocycles. The van der Waals surface area contributed by atoms with Gasteiger partial charge in [-0.1, -0.05) is 17.7 Å². The number of amides is 2. The minimum atomic E-state index is -1.23. The molecule has 0 unspecified atom stereocenters. The van der Waals surface area contributed by atoms with Gasteiger partial charge in [-0.05, 0) is 70.5 Å². The number of anilines is 2. The number of aryl methyl sites for hydroxylation is 2. The van der Waals surface area contributed by atoms with Gasteiger partial charge in [0.25, 0.3) is 0 Å². The predicted octanol–water partition coefficient (Wildman–Crippen LogP) is 4.31. The second kappa shape index (κ2) is 8.04. The molecule has 138 valence electrons. The van der Waals surface area contributed by atoms with E-state index in [1.807, 2.05) is 39.0 Å². The normalized spacial score (nSPS) is 11.0. The van der Waals surface area contributed by atoms with Crippen LogP contribution in [-0.4, -0.2) is 18.4 Å². The van der Waals surface area contributed by atoms with Gasteiger partial charge >= 0.3 is 0 Å². The van der Waals surface area contributed by atoms with E-state index < -0.39 is 5.41 Å². The van der Waals surface area contributed by atoms with Crippen molar-refractivity contribution < 1.29 is 14.3 Å². The van der Waals surface area contributed by atoms with Crippen molar-refractivity contribution >= 4 is 23.2 Å². The summed E-state index contributed by atoms with van der Waals surface area (Å²) >= 11 is 0. The van der Waals surface area contributed by atoms with Crippen molar-refractivity contribution in [3.63, 3.8) is 0 Å². The van der Waals surface area contributed by atoms with Crippen molar-refractivity contribution in [3.05, 3.63) is 53.6 Å². The molecule has 0 saturated heterocycles. The van der Waals surface area contributed by atoms with Gasteiger partial charge in [0.1, 0.15) is 11.2 Å². The fourth-order valence-corrected chi connectivity index (χ4v) is 2.42. The van der Waals surface area contributed by atoms with Crippen LogP contribution in [0.1, 0.15) is 31.9 Å². The van der Waals surface area contributed by atoms with E-state index >= 15 is 0 Å². The molecule has 0 aliphatic rings. The largest absolute Gasteiger partial charge is 0.494 e. The number of carbonyl (C=O) groups is 2. The van der Waals surface area contributed by atoms with E-state index in [4.69, 9.17) is 4.74 Å². The molecule has 26 heavy (non-hydrogen) atoms. The number of nitrogens with one attached hydrogen (secondary N) is 2. The maximum atomic E-state index is 12.7. The summed E-state index contributed by atoms with van der Waals surface area (Å²) in [5.74, 6) is 0.00848. The van der Waals surface area contributed by atoms with Gasteiger partial charge in [-0.3, -0.25) is 9.59 Å². The summed E-state index contributed by atoms with van der Waals surface area (Å²) in [6.07, 6.45) is 0. The van der Waals surface area contributed by atoms with Gasteiger partial charge in [0.2, 0.25) is 11.8 Å². The topological polar surface area (TPSA) is 67.4 Å². The molecule has 0 spiro atoms. The minimum absolute atomic E-state index is 0.354. The van der Waals surface area contributed by atoms with Crippen LogP contribution in [0.5, 0.6) is 5.75 Å². The lowest BCUT2D eigenvalue weighted by Gasteiger charge is -2.23. The Morgan fingerprint density at radius 3 is 2.15 bits per heavy atom. The first-order valence-electron chi connectivity index (χ1n) is 8.67. The summed E-state index contributed by atoms with van der Waals surface area (Å²) in [6, 6.07) is 12.8. The van der Waals surface area contributed by atoms with E-state index in [9.17, 15) is 9.59 Å². The highest BCUT2D eigenvalue weighted by molar-refractivity contribution is 6.14. The van der Waals surface area contributed by atoms with Crippen LogP contribution < -0.4 is 15.4 Å². The van der Waals surface area contributed by atoms with Gasteiger partial charge in [0.05, 0.1) is 6.61 Å². The Morgan fingerprint density at radius 2 is 1.58 bits per heavy atom. The Hall–Kier alpha value is -2.82. The van der Waals surface area contributed by atoms with Crippen LogP contribution in [0, 0.1) is 19.3 Å². The van der Waals surface area contributed by atoms with E-state index in [0.717, 1.165) is 16.9 Å². The van der Waals surface area contributed by atoms with Crippen LogP contribution in [0.3, 0.4) is 0 Å². The van der Waals surface area contributed by atoms with Crippen LogP contribution in [0.4, 0.5) is 11.4 Å². The van der Waals surface area contributed by atoms with E-state index in [1.165, 1.54) is 0 Å². The molecule has 5 heteroatoms. The van der Waals surface area contributed by atoms with E-state index in [0.29, 0.717) is 18.0 Å². The summed E-state index contributed by atoms with van der Waals surface area (Å²) < 4.78 is 5.38. The van der Waals surface area contributed by atoms with Crippen molar-refractivity contribution in [2.45, 2.75) is 34.6 Å². The van der Waals surface area contributed by atoms with Gasteiger partial charge in [0.15, 0.2) is 0 Å². The third-order valence-electron chi connectivity index (χ3n) is 4.19. The lowest BCUT2D eigenvalue weighted by Crippen LogP contribution is -2.41. The molecule has 2 aromatic rings. The van der Waals surface area contributed by atoms with Crippen molar-refractivity contribution in [1.29, 1.82) is 0 Å². The average molecular weight is 354 g/mol. The third-order valence-corrected chi connectivity index (χ3v) is 4.19. The molecule has 0 saturated carbocycles. The molecule has 2 aromatic carbocycles. The number of ether oxygens (including phenoxy) is 1. The summed E-state index contributed by atoms with van der Waals surface area (Å²) in [7, 11) is 0. The third kappa shape index (κ3) is 4.63. The molecule has 0 fully saturated rings. The molecule has 2 rings (SSSR count). The standard InChI is InChI=1S/C21H26N2O3/c1-6-26-17-10-8-16(9-11-17)22-19(24)21(4,5)20(25)23-18-12-7-14(2)13-15(18)3/h7-13H,6H2,1-5H3,(H,22,24)(H,23,25). The molecule has 0 aromatic heterocycles. The van der Waals surface area contributed by atoms with E-state index in [-0.39, 0.29) is 11.8 Å². The number of benzene rings is 2.